The van der Waals surface area contributed by atoms with Crippen molar-refractivity contribution in [2.24, 2.45) is 4.99 Å². The average molecular weight is 532 g/mol. The van der Waals surface area contributed by atoms with Crippen LogP contribution in [0, 0.1) is 0 Å². The average Bonchev–Trinajstić information content (AvgIpc) is 3.49. The van der Waals surface area contributed by atoms with Gasteiger partial charge in [-0.2, -0.15) is 0 Å². The molecule has 0 aliphatic carbocycles. The minimum atomic E-state index is 0. The molecule has 1 aliphatic rings. The van der Waals surface area contributed by atoms with E-state index in [4.69, 9.17) is 4.52 Å². The van der Waals surface area contributed by atoms with Crippen molar-refractivity contribution in [1.82, 2.24) is 20.7 Å². The fourth-order valence-corrected chi connectivity index (χ4v) is 4.70. The molecular formula is C21H34IN5OS. The zero-order valence-corrected chi connectivity index (χ0v) is 20.8. The van der Waals surface area contributed by atoms with Crippen LogP contribution in [0.5, 0.6) is 0 Å². The molecule has 0 aromatic carbocycles. The summed E-state index contributed by atoms with van der Waals surface area (Å²) in [7, 11) is 1.81. The number of nitrogens with zero attached hydrogens (tertiary/aromatic N) is 3. The fraction of sp³-hybridized carbons (Fsp3) is 0.619. The van der Waals surface area contributed by atoms with Gasteiger partial charge in [-0.05, 0) is 50.2 Å². The van der Waals surface area contributed by atoms with Gasteiger partial charge in [0.05, 0.1) is 18.3 Å². The highest BCUT2D eigenvalue weighted by Crippen LogP contribution is 2.27. The summed E-state index contributed by atoms with van der Waals surface area (Å²) < 4.78 is 5.51. The van der Waals surface area contributed by atoms with Crippen molar-refractivity contribution in [2.45, 2.75) is 58.0 Å². The van der Waals surface area contributed by atoms with Crippen LogP contribution in [0.4, 0.5) is 0 Å². The summed E-state index contributed by atoms with van der Waals surface area (Å²) in [6.07, 6.45) is 4.75. The first-order valence-corrected chi connectivity index (χ1v) is 11.3. The smallest absolute Gasteiger partial charge is 0.191 e. The number of aliphatic imine (C=N–C) groups is 1. The molecule has 1 aliphatic heterocycles. The minimum absolute atomic E-state index is 0. The van der Waals surface area contributed by atoms with Crippen LogP contribution in [-0.2, 0) is 6.54 Å². The molecule has 1 unspecified atom stereocenters. The second-order valence-corrected chi connectivity index (χ2v) is 8.29. The molecule has 162 valence electrons. The molecule has 0 bridgehead atoms. The zero-order valence-electron chi connectivity index (χ0n) is 17.7. The van der Waals surface area contributed by atoms with Gasteiger partial charge in [0.1, 0.15) is 0 Å². The van der Waals surface area contributed by atoms with Gasteiger partial charge in [0, 0.05) is 30.5 Å². The van der Waals surface area contributed by atoms with Gasteiger partial charge in [0.15, 0.2) is 11.7 Å². The van der Waals surface area contributed by atoms with Crippen LogP contribution in [0.3, 0.4) is 0 Å². The standard InChI is InChI=1S/C21H33N5OS.HI/c1-4-16(5-2)18-13-17(27-25-18)14-23-21(22-3)24-15-19(20-9-8-12-28-20)26-10-6-7-11-26;/h8-9,12-13,16,19H,4-7,10-11,14-15H2,1-3H3,(H2,22,23,24);1H. The number of nitrogens with one attached hydrogen (secondary N) is 2. The summed E-state index contributed by atoms with van der Waals surface area (Å²) in [6, 6.07) is 6.83. The summed E-state index contributed by atoms with van der Waals surface area (Å²) in [5, 5.41) is 13.3. The van der Waals surface area contributed by atoms with Gasteiger partial charge in [0.2, 0.25) is 0 Å². The summed E-state index contributed by atoms with van der Waals surface area (Å²) >= 11 is 1.83. The van der Waals surface area contributed by atoms with E-state index in [0.29, 0.717) is 18.5 Å². The van der Waals surface area contributed by atoms with E-state index < -0.39 is 0 Å². The summed E-state index contributed by atoms with van der Waals surface area (Å²) in [5.41, 5.74) is 1.05. The third kappa shape index (κ3) is 6.68. The Balaban J connectivity index is 0.00000300. The maximum absolute atomic E-state index is 5.51. The van der Waals surface area contributed by atoms with Crippen molar-refractivity contribution < 1.29 is 4.52 Å². The number of halogens is 1. The van der Waals surface area contributed by atoms with Crippen LogP contribution in [0.25, 0.3) is 0 Å². The van der Waals surface area contributed by atoms with E-state index in [2.05, 4.69) is 63.1 Å². The van der Waals surface area contributed by atoms with Crippen LogP contribution < -0.4 is 10.6 Å². The predicted octanol–water partition coefficient (Wildman–Crippen LogP) is 4.76. The summed E-state index contributed by atoms with van der Waals surface area (Å²) in [6.45, 7) is 8.16. The summed E-state index contributed by atoms with van der Waals surface area (Å²) in [4.78, 5) is 8.36. The summed E-state index contributed by atoms with van der Waals surface area (Å²) in [5.74, 6) is 2.11. The van der Waals surface area contributed by atoms with Crippen molar-refractivity contribution in [2.75, 3.05) is 26.7 Å². The van der Waals surface area contributed by atoms with Crippen LogP contribution in [-0.4, -0.2) is 42.7 Å². The van der Waals surface area contributed by atoms with Crippen LogP contribution in [0.2, 0.25) is 0 Å². The largest absolute Gasteiger partial charge is 0.359 e. The number of aromatic nitrogens is 1. The number of likely N-dealkylation sites (tertiary alicyclic amines) is 1. The van der Waals surface area contributed by atoms with E-state index in [-0.39, 0.29) is 24.0 Å². The minimum Gasteiger partial charge on any atom is -0.359 e. The Labute approximate surface area is 195 Å². The molecule has 0 amide bonds. The van der Waals surface area contributed by atoms with Crippen LogP contribution in [0.15, 0.2) is 33.1 Å². The molecule has 0 saturated carbocycles. The van der Waals surface area contributed by atoms with Crippen LogP contribution >= 0.6 is 35.3 Å². The lowest BCUT2D eigenvalue weighted by Crippen LogP contribution is -2.42. The van der Waals surface area contributed by atoms with Gasteiger partial charge < -0.3 is 15.2 Å². The lowest BCUT2D eigenvalue weighted by atomic mass is 9.99. The highest BCUT2D eigenvalue weighted by molar-refractivity contribution is 14.0. The Morgan fingerprint density at radius 2 is 2.03 bits per heavy atom. The molecule has 1 fully saturated rings. The Bertz CT molecular complexity index is 723. The molecule has 2 aromatic heterocycles. The number of thiophene rings is 1. The fourth-order valence-electron chi connectivity index (χ4n) is 3.84. The molecule has 2 N–H and O–H groups in total. The van der Waals surface area contributed by atoms with Gasteiger partial charge in [0.25, 0.3) is 0 Å². The number of rotatable bonds is 9. The van der Waals surface area contributed by atoms with Gasteiger partial charge in [-0.15, -0.1) is 35.3 Å². The quantitative estimate of drug-likeness (QED) is 0.278. The van der Waals surface area contributed by atoms with E-state index in [1.807, 2.05) is 11.3 Å². The number of hydrogen-bond acceptors (Lipinski definition) is 5. The highest BCUT2D eigenvalue weighted by atomic mass is 127. The van der Waals surface area contributed by atoms with E-state index in [1.54, 1.807) is 7.05 Å². The predicted molar refractivity (Wildman–Crippen MR) is 131 cm³/mol. The topological polar surface area (TPSA) is 65.7 Å². The van der Waals surface area contributed by atoms with Crippen molar-refractivity contribution in [1.29, 1.82) is 0 Å². The van der Waals surface area contributed by atoms with E-state index >= 15 is 0 Å². The molecule has 2 aromatic rings. The second-order valence-electron chi connectivity index (χ2n) is 7.31. The van der Waals surface area contributed by atoms with E-state index in [1.165, 1.54) is 30.8 Å². The maximum atomic E-state index is 5.51. The lowest BCUT2D eigenvalue weighted by molar-refractivity contribution is 0.249. The molecule has 0 radical (unpaired) electrons. The molecule has 8 heteroatoms. The van der Waals surface area contributed by atoms with Crippen molar-refractivity contribution in [3.63, 3.8) is 0 Å². The molecule has 3 rings (SSSR count). The maximum Gasteiger partial charge on any atom is 0.191 e. The Kier molecular flexibility index (Phi) is 10.4. The first-order valence-electron chi connectivity index (χ1n) is 10.4. The van der Waals surface area contributed by atoms with Gasteiger partial charge >= 0.3 is 0 Å². The van der Waals surface area contributed by atoms with Crippen LogP contribution in [0.1, 0.15) is 67.8 Å². The third-order valence-electron chi connectivity index (χ3n) is 5.55. The van der Waals surface area contributed by atoms with Crippen molar-refractivity contribution >= 4 is 41.3 Å². The SMILES string of the molecule is CCC(CC)c1cc(CNC(=NC)NCC(c2cccs2)N2CCCC2)on1.I. The first-order chi connectivity index (χ1) is 13.7. The first kappa shape index (κ1) is 24.1. The highest BCUT2D eigenvalue weighted by Gasteiger charge is 2.24. The molecule has 6 nitrogen and oxygen atoms in total. The molecule has 29 heavy (non-hydrogen) atoms. The van der Waals surface area contributed by atoms with Gasteiger partial charge in [-0.25, -0.2) is 0 Å². The van der Waals surface area contributed by atoms with Gasteiger partial charge in [-0.3, -0.25) is 9.89 Å². The Hall–Kier alpha value is -1.13. The van der Waals surface area contributed by atoms with E-state index in [9.17, 15) is 0 Å². The Morgan fingerprint density at radius 3 is 2.66 bits per heavy atom. The molecule has 0 spiro atoms. The number of hydrogen-bond donors (Lipinski definition) is 2. The molecule has 1 atom stereocenters. The molecular weight excluding hydrogens is 497 g/mol. The zero-order chi connectivity index (χ0) is 19.8. The van der Waals surface area contributed by atoms with E-state index in [0.717, 1.165) is 36.8 Å². The normalized spacial score (nSPS) is 16.1. The van der Waals surface area contributed by atoms with Gasteiger partial charge in [-0.1, -0.05) is 25.1 Å². The Morgan fingerprint density at radius 1 is 1.28 bits per heavy atom. The van der Waals surface area contributed by atoms with Crippen molar-refractivity contribution in [3.8, 4) is 0 Å². The van der Waals surface area contributed by atoms with Crippen molar-refractivity contribution in [3.05, 3.63) is 39.9 Å². The number of guanidine groups is 1. The second kappa shape index (κ2) is 12.5. The third-order valence-corrected chi connectivity index (χ3v) is 6.52. The lowest BCUT2D eigenvalue weighted by Gasteiger charge is -2.27. The monoisotopic (exact) mass is 531 g/mol. The molecule has 3 heterocycles. The molecule has 1 saturated heterocycles.